The van der Waals surface area contributed by atoms with Gasteiger partial charge in [0.2, 0.25) is 5.91 Å². The summed E-state index contributed by atoms with van der Waals surface area (Å²) in [6, 6.07) is 11.7. The molecule has 1 fully saturated rings. The van der Waals surface area contributed by atoms with Gasteiger partial charge in [-0.15, -0.1) is 0 Å². The number of carbonyl (C=O) groups excluding carboxylic acids is 3. The smallest absolute Gasteiger partial charge is 0.325 e. The van der Waals surface area contributed by atoms with Gasteiger partial charge in [0.25, 0.3) is 11.6 Å². The van der Waals surface area contributed by atoms with Crippen molar-refractivity contribution in [3.63, 3.8) is 0 Å². The lowest BCUT2D eigenvalue weighted by atomic mass is 9.91. The Labute approximate surface area is 178 Å². The van der Waals surface area contributed by atoms with Gasteiger partial charge in [0.1, 0.15) is 12.1 Å². The fraction of sp³-hybridized carbons (Fsp3) is 0.286. The number of nitrogens with one attached hydrogen (secondary N) is 2. The number of hydrogen-bond acceptors (Lipinski definition) is 6. The molecule has 31 heavy (non-hydrogen) atoms. The number of imide groups is 1. The Morgan fingerprint density at radius 1 is 1.19 bits per heavy atom. The number of rotatable bonds is 7. The summed E-state index contributed by atoms with van der Waals surface area (Å²) in [4.78, 5) is 48.4. The third-order valence-electron chi connectivity index (χ3n) is 5.19. The molecule has 2 aromatic rings. The van der Waals surface area contributed by atoms with Crippen LogP contribution in [0, 0.1) is 17.0 Å². The average molecular weight is 426 g/mol. The number of nitrogens with zero attached hydrogens (tertiary/aromatic N) is 2. The Hall–Kier alpha value is -3.79. The molecule has 2 aromatic carbocycles. The summed E-state index contributed by atoms with van der Waals surface area (Å²) in [7, 11) is 0. The SMILES string of the molecule is Cc1ccc(C2(C)NC(=O)N(CC(=O)NCC(O)c3ccc([N+](=O)[O-])cc3)C2=O)cc1. The maximum atomic E-state index is 12.9. The van der Waals surface area contributed by atoms with Gasteiger partial charge in [-0.25, -0.2) is 4.79 Å². The molecule has 2 unspecified atom stereocenters. The quantitative estimate of drug-likeness (QED) is 0.348. The molecular weight excluding hydrogens is 404 g/mol. The van der Waals surface area contributed by atoms with Crippen LogP contribution in [0.25, 0.3) is 0 Å². The molecule has 0 radical (unpaired) electrons. The first-order valence-corrected chi connectivity index (χ1v) is 9.52. The lowest BCUT2D eigenvalue weighted by Crippen LogP contribution is -2.43. The number of aliphatic hydroxyl groups is 1. The van der Waals surface area contributed by atoms with Crippen LogP contribution in [0.1, 0.15) is 29.7 Å². The Kier molecular flexibility index (Phi) is 6.02. The highest BCUT2D eigenvalue weighted by Gasteiger charge is 2.49. The number of amides is 4. The Morgan fingerprint density at radius 2 is 1.81 bits per heavy atom. The summed E-state index contributed by atoms with van der Waals surface area (Å²) >= 11 is 0. The van der Waals surface area contributed by atoms with Crippen LogP contribution in [0.3, 0.4) is 0 Å². The predicted octanol–water partition coefficient (Wildman–Crippen LogP) is 1.52. The minimum absolute atomic E-state index is 0.116. The lowest BCUT2D eigenvalue weighted by molar-refractivity contribution is -0.384. The highest BCUT2D eigenvalue weighted by molar-refractivity contribution is 6.09. The van der Waals surface area contributed by atoms with E-state index in [0.29, 0.717) is 11.1 Å². The number of nitro groups is 1. The van der Waals surface area contributed by atoms with E-state index >= 15 is 0 Å². The number of aryl methyl sites for hydroxylation is 1. The molecule has 3 N–H and O–H groups in total. The van der Waals surface area contributed by atoms with Crippen molar-refractivity contribution >= 4 is 23.5 Å². The van der Waals surface area contributed by atoms with Crippen LogP contribution in [-0.4, -0.2) is 45.9 Å². The van der Waals surface area contributed by atoms with Crippen LogP contribution in [0.2, 0.25) is 0 Å². The van der Waals surface area contributed by atoms with Gasteiger partial charge in [0.15, 0.2) is 0 Å². The first-order chi connectivity index (χ1) is 14.6. The van der Waals surface area contributed by atoms with Crippen molar-refractivity contribution in [1.29, 1.82) is 0 Å². The summed E-state index contributed by atoms with van der Waals surface area (Å²) in [6.45, 7) is 2.80. The molecule has 2 atom stereocenters. The van der Waals surface area contributed by atoms with Gasteiger partial charge in [-0.3, -0.25) is 24.6 Å². The number of non-ortho nitro benzene ring substituents is 1. The maximum Gasteiger partial charge on any atom is 0.325 e. The summed E-state index contributed by atoms with van der Waals surface area (Å²) in [5.41, 5.74) is 0.603. The van der Waals surface area contributed by atoms with E-state index in [1.165, 1.54) is 24.3 Å². The van der Waals surface area contributed by atoms with E-state index in [2.05, 4.69) is 10.6 Å². The van der Waals surface area contributed by atoms with E-state index in [-0.39, 0.29) is 12.2 Å². The van der Waals surface area contributed by atoms with Gasteiger partial charge in [-0.2, -0.15) is 0 Å². The molecule has 10 heteroatoms. The second kappa shape index (κ2) is 8.52. The number of urea groups is 1. The molecule has 1 saturated heterocycles. The van der Waals surface area contributed by atoms with Crippen molar-refractivity contribution in [2.24, 2.45) is 0 Å². The Balaban J connectivity index is 1.59. The van der Waals surface area contributed by atoms with Gasteiger partial charge < -0.3 is 15.7 Å². The summed E-state index contributed by atoms with van der Waals surface area (Å²) in [5, 5.41) is 26.0. The molecule has 0 bridgehead atoms. The van der Waals surface area contributed by atoms with Gasteiger partial charge in [0.05, 0.1) is 11.0 Å². The van der Waals surface area contributed by atoms with Crippen LogP contribution >= 0.6 is 0 Å². The summed E-state index contributed by atoms with van der Waals surface area (Å²) in [5.74, 6) is -1.18. The molecule has 4 amide bonds. The minimum atomic E-state index is -1.27. The standard InChI is InChI=1S/C21H22N4O6/c1-13-3-7-15(8-4-13)21(2)19(28)24(20(29)23-21)12-18(27)22-11-17(26)14-5-9-16(10-6-14)25(30)31/h3-10,17,26H,11-12H2,1-2H3,(H,22,27)(H,23,29). The van der Waals surface area contributed by atoms with Crippen molar-refractivity contribution in [2.45, 2.75) is 25.5 Å². The number of nitro benzene ring substituents is 1. The molecule has 0 saturated carbocycles. The topological polar surface area (TPSA) is 142 Å². The third-order valence-corrected chi connectivity index (χ3v) is 5.19. The predicted molar refractivity (Wildman–Crippen MR) is 110 cm³/mol. The monoisotopic (exact) mass is 426 g/mol. The number of hydrogen-bond donors (Lipinski definition) is 3. The number of benzene rings is 2. The normalized spacial score (nSPS) is 19.1. The largest absolute Gasteiger partial charge is 0.387 e. The molecule has 1 aliphatic rings. The van der Waals surface area contributed by atoms with E-state index in [1.54, 1.807) is 19.1 Å². The van der Waals surface area contributed by atoms with Crippen molar-refractivity contribution in [2.75, 3.05) is 13.1 Å². The molecule has 1 heterocycles. The summed E-state index contributed by atoms with van der Waals surface area (Å²) < 4.78 is 0. The van der Waals surface area contributed by atoms with E-state index in [1.807, 2.05) is 19.1 Å². The molecule has 162 valence electrons. The number of aliphatic hydroxyl groups excluding tert-OH is 1. The van der Waals surface area contributed by atoms with Gasteiger partial charge in [0, 0.05) is 18.7 Å². The van der Waals surface area contributed by atoms with Crippen molar-refractivity contribution in [3.8, 4) is 0 Å². The zero-order valence-electron chi connectivity index (χ0n) is 17.0. The van der Waals surface area contributed by atoms with E-state index in [9.17, 15) is 29.6 Å². The van der Waals surface area contributed by atoms with Crippen LogP contribution in [-0.2, 0) is 15.1 Å². The van der Waals surface area contributed by atoms with Crippen molar-refractivity contribution in [1.82, 2.24) is 15.5 Å². The minimum Gasteiger partial charge on any atom is -0.387 e. The van der Waals surface area contributed by atoms with Crippen molar-refractivity contribution in [3.05, 3.63) is 75.3 Å². The van der Waals surface area contributed by atoms with Crippen LogP contribution < -0.4 is 10.6 Å². The van der Waals surface area contributed by atoms with Gasteiger partial charge in [-0.1, -0.05) is 29.8 Å². The zero-order chi connectivity index (χ0) is 22.8. The summed E-state index contributed by atoms with van der Waals surface area (Å²) in [6.07, 6.45) is -1.11. The fourth-order valence-electron chi connectivity index (χ4n) is 3.27. The molecular formula is C21H22N4O6. The van der Waals surface area contributed by atoms with Crippen molar-refractivity contribution < 1.29 is 24.4 Å². The second-order valence-electron chi connectivity index (χ2n) is 7.48. The van der Waals surface area contributed by atoms with E-state index < -0.39 is 41.0 Å². The van der Waals surface area contributed by atoms with Gasteiger partial charge >= 0.3 is 6.03 Å². The maximum absolute atomic E-state index is 12.9. The Bertz CT molecular complexity index is 1020. The highest BCUT2D eigenvalue weighted by atomic mass is 16.6. The second-order valence-corrected chi connectivity index (χ2v) is 7.48. The molecule has 0 spiro atoms. The molecule has 3 rings (SSSR count). The van der Waals surface area contributed by atoms with Crippen LogP contribution in [0.5, 0.6) is 0 Å². The molecule has 1 aliphatic heterocycles. The lowest BCUT2D eigenvalue weighted by Gasteiger charge is -2.22. The van der Waals surface area contributed by atoms with E-state index in [4.69, 9.17) is 0 Å². The first-order valence-electron chi connectivity index (χ1n) is 9.52. The van der Waals surface area contributed by atoms with E-state index in [0.717, 1.165) is 10.5 Å². The third kappa shape index (κ3) is 4.53. The average Bonchev–Trinajstić information content (AvgIpc) is 2.96. The van der Waals surface area contributed by atoms with Crippen LogP contribution in [0.15, 0.2) is 48.5 Å². The molecule has 0 aromatic heterocycles. The number of carbonyl (C=O) groups is 3. The molecule has 0 aliphatic carbocycles. The Morgan fingerprint density at radius 3 is 2.39 bits per heavy atom. The van der Waals surface area contributed by atoms with Gasteiger partial charge in [-0.05, 0) is 37.1 Å². The highest BCUT2D eigenvalue weighted by Crippen LogP contribution is 2.28. The molecule has 10 nitrogen and oxygen atoms in total. The fourth-order valence-corrected chi connectivity index (χ4v) is 3.27. The van der Waals surface area contributed by atoms with Crippen LogP contribution in [0.4, 0.5) is 10.5 Å². The first kappa shape index (κ1) is 21.9. The zero-order valence-corrected chi connectivity index (χ0v) is 17.0.